The van der Waals surface area contributed by atoms with E-state index in [1.54, 1.807) is 12.4 Å². The predicted molar refractivity (Wildman–Crippen MR) is 118 cm³/mol. The molecule has 0 fully saturated rings. The second-order valence-corrected chi connectivity index (χ2v) is 8.34. The third-order valence-corrected chi connectivity index (χ3v) is 5.93. The summed E-state index contributed by atoms with van der Waals surface area (Å²) in [5.41, 5.74) is 6.46. The zero-order chi connectivity index (χ0) is 19.8. The minimum atomic E-state index is 0.0147. The molecule has 142 valence electrons. The summed E-state index contributed by atoms with van der Waals surface area (Å²) >= 11 is 0. The van der Waals surface area contributed by atoms with Crippen molar-refractivity contribution in [3.8, 4) is 22.5 Å². The number of aromatic amines is 2. The highest BCUT2D eigenvalue weighted by Crippen LogP contribution is 2.33. The summed E-state index contributed by atoms with van der Waals surface area (Å²) in [6.07, 6.45) is 3.45. The predicted octanol–water partition coefficient (Wildman–Crippen LogP) is 3.35. The summed E-state index contributed by atoms with van der Waals surface area (Å²) in [6, 6.07) is 13.7. The normalized spacial score (nSPS) is 12.1. The Balaban J connectivity index is 1.55. The number of carbonyl (C=O) groups is 2. The largest absolute Gasteiger partial charge is 0.456 e. The Morgan fingerprint density at radius 2 is 1.24 bits per heavy atom. The van der Waals surface area contributed by atoms with Gasteiger partial charge >= 0.3 is 0 Å². The number of rotatable bonds is 6. The molecule has 0 amide bonds. The molecule has 3 aromatic heterocycles. The monoisotopic (exact) mass is 420 g/mol. The zero-order valence-corrected chi connectivity index (χ0v) is 16.9. The molecule has 0 saturated heterocycles. The lowest BCUT2D eigenvalue weighted by Gasteiger charge is -1.98. The smallest absolute Gasteiger partial charge is 0.146 e. The Hall–Kier alpha value is -3.14. The van der Waals surface area contributed by atoms with Crippen LogP contribution in [-0.4, -0.2) is 32.0 Å². The first kappa shape index (κ1) is 17.9. The van der Waals surface area contributed by atoms with E-state index < -0.39 is 0 Å². The molecular weight excluding hydrogens is 406 g/mol. The standard InChI is InChI=1S/C20H14N4O3P2/c25-9-28-19-21-7-15(23-19)11-1-3-13-14-4-2-12(6-18(14)27-17(13)5-11)16-8-22-20(24-16)29-10-26/h1-10,28-29H,(H,21,23)(H,22,24). The molecule has 2 atom stereocenters. The maximum absolute atomic E-state index is 10.7. The Morgan fingerprint density at radius 3 is 1.69 bits per heavy atom. The first-order chi connectivity index (χ1) is 14.2. The van der Waals surface area contributed by atoms with Gasteiger partial charge in [0.05, 0.1) is 23.8 Å². The van der Waals surface area contributed by atoms with E-state index in [1.807, 2.05) is 36.4 Å². The van der Waals surface area contributed by atoms with Crippen LogP contribution in [0.3, 0.4) is 0 Å². The minimum Gasteiger partial charge on any atom is -0.456 e. The molecule has 7 nitrogen and oxygen atoms in total. The van der Waals surface area contributed by atoms with Crippen LogP contribution in [-0.2, 0) is 9.59 Å². The first-order valence-electron chi connectivity index (χ1n) is 8.72. The molecule has 0 saturated carbocycles. The Morgan fingerprint density at radius 1 is 0.759 bits per heavy atom. The summed E-state index contributed by atoms with van der Waals surface area (Å²) in [5.74, 6) is 0. The third kappa shape index (κ3) is 3.29. The van der Waals surface area contributed by atoms with Gasteiger partial charge in [-0.15, -0.1) is 0 Å². The average Bonchev–Trinajstić information content (AvgIpc) is 3.45. The van der Waals surface area contributed by atoms with Crippen molar-refractivity contribution in [2.24, 2.45) is 0 Å². The van der Waals surface area contributed by atoms with Gasteiger partial charge in [-0.05, 0) is 24.3 Å². The molecule has 5 rings (SSSR count). The third-order valence-electron chi connectivity index (χ3n) is 4.64. The van der Waals surface area contributed by atoms with Crippen LogP contribution in [0.1, 0.15) is 0 Å². The number of furan rings is 1. The van der Waals surface area contributed by atoms with E-state index in [-0.39, 0.29) is 17.2 Å². The molecule has 29 heavy (non-hydrogen) atoms. The topological polar surface area (TPSA) is 105 Å². The van der Waals surface area contributed by atoms with Crippen molar-refractivity contribution in [1.29, 1.82) is 0 Å². The number of nitrogens with one attached hydrogen (secondary N) is 2. The highest BCUT2D eigenvalue weighted by molar-refractivity contribution is 7.62. The summed E-state index contributed by atoms with van der Waals surface area (Å²) in [4.78, 5) is 36.1. The van der Waals surface area contributed by atoms with Crippen molar-refractivity contribution in [3.63, 3.8) is 0 Å². The lowest BCUT2D eigenvalue weighted by molar-refractivity contribution is 0.569. The molecule has 2 unspecified atom stereocenters. The number of hydrogen-bond acceptors (Lipinski definition) is 5. The van der Waals surface area contributed by atoms with Crippen LogP contribution in [0.5, 0.6) is 0 Å². The van der Waals surface area contributed by atoms with Crippen molar-refractivity contribution >= 4 is 62.3 Å². The van der Waals surface area contributed by atoms with Crippen LogP contribution < -0.4 is 11.1 Å². The van der Waals surface area contributed by atoms with Crippen molar-refractivity contribution in [1.82, 2.24) is 19.9 Å². The summed E-state index contributed by atoms with van der Waals surface area (Å²) in [7, 11) is 0.0293. The van der Waals surface area contributed by atoms with Gasteiger partial charge in [0.1, 0.15) is 34.4 Å². The van der Waals surface area contributed by atoms with Crippen LogP contribution in [0.4, 0.5) is 0 Å². The number of nitrogens with zero attached hydrogens (tertiary/aromatic N) is 2. The van der Waals surface area contributed by atoms with Crippen molar-refractivity contribution in [2.75, 3.05) is 0 Å². The molecule has 0 aliphatic carbocycles. The van der Waals surface area contributed by atoms with Gasteiger partial charge in [-0.2, -0.15) is 0 Å². The fourth-order valence-corrected chi connectivity index (χ4v) is 4.22. The van der Waals surface area contributed by atoms with Crippen LogP contribution >= 0.6 is 17.2 Å². The lowest BCUT2D eigenvalue weighted by Crippen LogP contribution is -1.97. The lowest BCUT2D eigenvalue weighted by atomic mass is 10.1. The van der Waals surface area contributed by atoms with E-state index in [0.717, 1.165) is 56.5 Å². The van der Waals surface area contributed by atoms with Gasteiger partial charge in [-0.1, -0.05) is 12.1 Å². The second-order valence-electron chi connectivity index (χ2n) is 6.34. The molecule has 3 heterocycles. The molecule has 0 radical (unpaired) electrons. The van der Waals surface area contributed by atoms with Gasteiger partial charge in [0, 0.05) is 39.1 Å². The van der Waals surface area contributed by atoms with Crippen LogP contribution in [0, 0.1) is 0 Å². The maximum atomic E-state index is 10.7. The molecule has 2 N–H and O–H groups in total. The van der Waals surface area contributed by atoms with E-state index in [4.69, 9.17) is 4.42 Å². The number of aromatic nitrogens is 4. The Bertz CT molecular complexity index is 1270. The van der Waals surface area contributed by atoms with Crippen molar-refractivity contribution < 1.29 is 14.0 Å². The fourth-order valence-electron chi connectivity index (χ4n) is 3.31. The molecule has 0 spiro atoms. The summed E-state index contributed by atoms with van der Waals surface area (Å²) < 4.78 is 6.11. The molecule has 5 aromatic rings. The maximum Gasteiger partial charge on any atom is 0.146 e. The summed E-state index contributed by atoms with van der Waals surface area (Å²) in [6.45, 7) is 0. The van der Waals surface area contributed by atoms with Crippen LogP contribution in [0.25, 0.3) is 44.5 Å². The molecular formula is C20H14N4O3P2. The van der Waals surface area contributed by atoms with E-state index in [0.29, 0.717) is 11.1 Å². The highest BCUT2D eigenvalue weighted by Gasteiger charge is 2.12. The number of imidazole rings is 2. The Labute approximate surface area is 167 Å². The van der Waals surface area contributed by atoms with Crippen LogP contribution in [0.2, 0.25) is 0 Å². The minimum absolute atomic E-state index is 0.0147. The summed E-state index contributed by atoms with van der Waals surface area (Å²) in [5, 5.41) is 2.05. The number of H-pyrrole nitrogens is 2. The quantitative estimate of drug-likeness (QED) is 0.324. The number of hydrogen-bond donors (Lipinski definition) is 2. The van der Waals surface area contributed by atoms with Gasteiger partial charge in [0.25, 0.3) is 0 Å². The highest BCUT2D eigenvalue weighted by atomic mass is 31.1. The van der Waals surface area contributed by atoms with Crippen molar-refractivity contribution in [2.45, 2.75) is 0 Å². The Kier molecular flexibility index (Phi) is 4.55. The number of fused-ring (bicyclic) bond motifs is 3. The molecule has 0 aliphatic heterocycles. The molecule has 0 aliphatic rings. The van der Waals surface area contributed by atoms with Gasteiger partial charge < -0.3 is 14.4 Å². The van der Waals surface area contributed by atoms with Gasteiger partial charge in [0.15, 0.2) is 0 Å². The van der Waals surface area contributed by atoms with E-state index in [1.165, 1.54) is 0 Å². The molecule has 2 aromatic carbocycles. The molecule has 9 heteroatoms. The van der Waals surface area contributed by atoms with Gasteiger partial charge in [-0.3, -0.25) is 9.59 Å². The fraction of sp³-hybridized carbons (Fsp3) is 0. The SMILES string of the molecule is O=CPc1ncc(-c2ccc3c(c2)oc2cc(-c4cnc(PC=O)[nH]4)ccc23)[nH]1. The van der Waals surface area contributed by atoms with E-state index >= 15 is 0 Å². The average molecular weight is 420 g/mol. The number of carbonyl (C=O) groups excluding carboxylic acids is 2. The first-order valence-corrected chi connectivity index (χ1v) is 10.9. The van der Waals surface area contributed by atoms with Gasteiger partial charge in [-0.25, -0.2) is 9.97 Å². The van der Waals surface area contributed by atoms with E-state index in [9.17, 15) is 9.59 Å². The molecule has 0 bridgehead atoms. The van der Waals surface area contributed by atoms with Crippen LogP contribution in [0.15, 0.2) is 53.2 Å². The second kappa shape index (κ2) is 7.36. The van der Waals surface area contributed by atoms with Gasteiger partial charge in [0.2, 0.25) is 0 Å². The van der Waals surface area contributed by atoms with E-state index in [2.05, 4.69) is 19.9 Å². The number of benzene rings is 2. The zero-order valence-electron chi connectivity index (χ0n) is 14.9. The van der Waals surface area contributed by atoms with Crippen molar-refractivity contribution in [3.05, 3.63) is 48.8 Å².